The molecule has 0 aliphatic carbocycles. The molecule has 4 aromatic carbocycles. The quantitative estimate of drug-likeness (QED) is 0.139. The summed E-state index contributed by atoms with van der Waals surface area (Å²) >= 11 is 0. The molecule has 1 nitrogen and oxygen atoms in total. The fourth-order valence-corrected chi connectivity index (χ4v) is 3.96. The average Bonchev–Trinajstić information content (AvgIpc) is 2.74. The number of hydrogen-bond acceptors (Lipinski definition) is 0. The first-order valence-corrected chi connectivity index (χ1v) is 9.53. The maximum Gasteiger partial charge on any atom is 0.161 e. The molecule has 0 saturated carbocycles. The number of aryl methyl sites for hydroxylation is 2. The Hall–Kier alpha value is -2.28. The van der Waals surface area contributed by atoms with Crippen molar-refractivity contribution in [2.24, 2.45) is 7.05 Å². The minimum Gasteiger partial charge on any atom is -0.234 e. The smallest absolute Gasteiger partial charge is 0.161 e. The Bertz CT molecular complexity index is 1340. The molecular formula is C27H20BNY-. The van der Waals surface area contributed by atoms with E-state index in [9.17, 15) is 0 Å². The first-order chi connectivity index (χ1) is 13.7. The summed E-state index contributed by atoms with van der Waals surface area (Å²) in [5.74, 6) is 0. The van der Waals surface area contributed by atoms with Crippen LogP contribution in [0.1, 0.15) is 5.56 Å². The number of hydrogen-bond donors (Lipinski definition) is 0. The monoisotopic (exact) mass is 458 g/mol. The van der Waals surface area contributed by atoms with Gasteiger partial charge in [0.05, 0.1) is 0 Å². The predicted octanol–water partition coefficient (Wildman–Crippen LogP) is 5.68. The second-order valence-electron chi connectivity index (χ2n) is 7.23. The van der Waals surface area contributed by atoms with Crippen molar-refractivity contribution >= 4 is 30.0 Å². The van der Waals surface area contributed by atoms with Crippen LogP contribution in [0, 0.1) is 19.1 Å². The fraction of sp³-hybridized carbons (Fsp3) is 0.0741. The maximum atomic E-state index is 3.67. The van der Waals surface area contributed by atoms with E-state index in [1.54, 1.807) is 0 Å². The van der Waals surface area contributed by atoms with Crippen LogP contribution in [0.2, 0.25) is 0 Å². The molecule has 4 radical (unpaired) electrons. The van der Waals surface area contributed by atoms with Gasteiger partial charge < -0.3 is 0 Å². The van der Waals surface area contributed by atoms with Crippen molar-refractivity contribution in [3.8, 4) is 22.4 Å². The summed E-state index contributed by atoms with van der Waals surface area (Å²) < 4.78 is 2.14. The number of aromatic nitrogens is 1. The summed E-state index contributed by atoms with van der Waals surface area (Å²) in [6, 6.07) is 34.9. The van der Waals surface area contributed by atoms with Crippen LogP contribution in [0.3, 0.4) is 0 Å². The van der Waals surface area contributed by atoms with Gasteiger partial charge in [-0.1, -0.05) is 48.9 Å². The van der Waals surface area contributed by atoms with Crippen LogP contribution in [-0.2, 0) is 39.8 Å². The Kier molecular flexibility index (Phi) is 6.91. The van der Waals surface area contributed by atoms with E-state index in [1.807, 2.05) is 12.1 Å². The molecule has 5 rings (SSSR count). The van der Waals surface area contributed by atoms with Gasteiger partial charge in [0.25, 0.3) is 0 Å². The molecule has 5 aromatic rings. The van der Waals surface area contributed by atoms with Crippen LogP contribution in [0.5, 0.6) is 0 Å². The number of rotatable bonds is 2. The van der Waals surface area contributed by atoms with Crippen molar-refractivity contribution in [3.05, 3.63) is 103 Å². The topological polar surface area (TPSA) is 3.88 Å². The van der Waals surface area contributed by atoms with Gasteiger partial charge in [-0.05, 0) is 16.8 Å². The Morgan fingerprint density at radius 1 is 0.733 bits per heavy atom. The molecule has 0 unspecified atom stereocenters. The van der Waals surface area contributed by atoms with E-state index in [2.05, 4.69) is 104 Å². The molecule has 0 saturated heterocycles. The molecule has 1 aromatic heterocycles. The standard InChI is InChI=1S/C27H20N.B.Y/c1-19-13-14-21(18-26(19)27-12-5-6-17-28(27)2)23-10-7-11-24-22-9-4-3-8-20(22)15-16-25(23)24;;/h3-9,11-17H,1-2H3;;/q-1;;. The van der Waals surface area contributed by atoms with E-state index >= 15 is 0 Å². The summed E-state index contributed by atoms with van der Waals surface area (Å²) in [6.45, 7) is 2.14. The van der Waals surface area contributed by atoms with E-state index < -0.39 is 0 Å². The predicted molar refractivity (Wildman–Crippen MR) is 122 cm³/mol. The SMILES string of the molecule is Cc1ccc(-c2[c-]ccc3c2ccc2ccccc23)[c-]c1-c1cccc[n+]1C.[B].[Y]. The first-order valence-electron chi connectivity index (χ1n) is 9.53. The minimum absolute atomic E-state index is 0. The van der Waals surface area contributed by atoms with Crippen LogP contribution in [0.25, 0.3) is 43.9 Å². The van der Waals surface area contributed by atoms with Crippen molar-refractivity contribution in [3.63, 3.8) is 0 Å². The van der Waals surface area contributed by atoms with Crippen molar-refractivity contribution in [2.75, 3.05) is 0 Å². The van der Waals surface area contributed by atoms with Crippen molar-refractivity contribution in [1.29, 1.82) is 0 Å². The molecule has 0 N–H and O–H groups in total. The molecule has 0 spiro atoms. The number of benzene rings is 4. The second kappa shape index (κ2) is 9.25. The van der Waals surface area contributed by atoms with Gasteiger partial charge in [-0.3, -0.25) is 0 Å². The van der Waals surface area contributed by atoms with Gasteiger partial charge in [0.1, 0.15) is 12.7 Å². The maximum absolute atomic E-state index is 3.67. The molecule has 3 heteroatoms. The van der Waals surface area contributed by atoms with Gasteiger partial charge in [0.2, 0.25) is 0 Å². The summed E-state index contributed by atoms with van der Waals surface area (Å²) in [5, 5.41) is 5.01. The largest absolute Gasteiger partial charge is 0.234 e. The first kappa shape index (κ1) is 22.4. The zero-order valence-corrected chi connectivity index (χ0v) is 20.0. The Balaban J connectivity index is 0.00000128. The molecule has 0 atom stereocenters. The van der Waals surface area contributed by atoms with Crippen LogP contribution < -0.4 is 4.57 Å². The van der Waals surface area contributed by atoms with Gasteiger partial charge in [0.15, 0.2) is 6.20 Å². The van der Waals surface area contributed by atoms with E-state index in [1.165, 1.54) is 27.1 Å². The van der Waals surface area contributed by atoms with E-state index in [-0.39, 0.29) is 41.1 Å². The van der Waals surface area contributed by atoms with E-state index in [0.29, 0.717) is 0 Å². The Labute approximate surface area is 205 Å². The third kappa shape index (κ3) is 3.87. The van der Waals surface area contributed by atoms with Gasteiger partial charge in [-0.25, -0.2) is 10.1 Å². The molecule has 0 amide bonds. The van der Waals surface area contributed by atoms with Gasteiger partial charge in [-0.15, -0.1) is 34.5 Å². The van der Waals surface area contributed by atoms with Gasteiger partial charge in [-0.2, -0.15) is 29.8 Å². The molecule has 0 aliphatic rings. The van der Waals surface area contributed by atoms with Crippen LogP contribution >= 0.6 is 0 Å². The molecule has 1 heterocycles. The Morgan fingerprint density at radius 3 is 2.37 bits per heavy atom. The van der Waals surface area contributed by atoms with Crippen molar-refractivity contribution in [2.45, 2.75) is 6.92 Å². The third-order valence-electron chi connectivity index (χ3n) is 5.45. The van der Waals surface area contributed by atoms with Gasteiger partial charge >= 0.3 is 0 Å². The zero-order chi connectivity index (χ0) is 19.1. The van der Waals surface area contributed by atoms with Crippen molar-refractivity contribution < 1.29 is 37.3 Å². The van der Waals surface area contributed by atoms with E-state index in [4.69, 9.17) is 0 Å². The number of fused-ring (bicyclic) bond motifs is 3. The second-order valence-corrected chi connectivity index (χ2v) is 7.23. The summed E-state index contributed by atoms with van der Waals surface area (Å²) in [6.07, 6.45) is 2.07. The molecule has 0 fully saturated rings. The molecule has 140 valence electrons. The average molecular weight is 458 g/mol. The van der Waals surface area contributed by atoms with Crippen LogP contribution in [0.15, 0.2) is 85.1 Å². The molecule has 30 heavy (non-hydrogen) atoms. The van der Waals surface area contributed by atoms with Crippen LogP contribution in [0.4, 0.5) is 0 Å². The summed E-state index contributed by atoms with van der Waals surface area (Å²) in [5.41, 5.74) is 5.68. The Morgan fingerprint density at radius 2 is 1.53 bits per heavy atom. The van der Waals surface area contributed by atoms with Crippen LogP contribution in [-0.4, -0.2) is 8.41 Å². The molecule has 0 aliphatic heterocycles. The number of nitrogens with zero attached hydrogens (tertiary/aromatic N) is 1. The summed E-state index contributed by atoms with van der Waals surface area (Å²) in [4.78, 5) is 0. The molecular weight excluding hydrogens is 438 g/mol. The summed E-state index contributed by atoms with van der Waals surface area (Å²) in [7, 11) is 2.07. The van der Waals surface area contributed by atoms with Gasteiger partial charge in [0, 0.05) is 47.2 Å². The normalized spacial score (nSPS) is 10.5. The number of pyridine rings is 1. The minimum atomic E-state index is 0. The third-order valence-corrected chi connectivity index (χ3v) is 5.45. The van der Waals surface area contributed by atoms with Crippen molar-refractivity contribution in [1.82, 2.24) is 0 Å². The zero-order valence-electron chi connectivity index (χ0n) is 17.2. The fourth-order valence-electron chi connectivity index (χ4n) is 3.96. The van der Waals surface area contributed by atoms with E-state index in [0.717, 1.165) is 22.4 Å². The molecule has 0 bridgehead atoms.